The van der Waals surface area contributed by atoms with Crippen LogP contribution in [0.4, 0.5) is 0 Å². The summed E-state index contributed by atoms with van der Waals surface area (Å²) in [6, 6.07) is 1.14. The maximum absolute atomic E-state index is 11.5. The van der Waals surface area contributed by atoms with E-state index in [4.69, 9.17) is 0 Å². The van der Waals surface area contributed by atoms with Crippen molar-refractivity contribution in [1.29, 1.82) is 0 Å². The van der Waals surface area contributed by atoms with Crippen LogP contribution in [0.3, 0.4) is 0 Å². The highest BCUT2D eigenvalue weighted by Crippen LogP contribution is 2.37. The van der Waals surface area contributed by atoms with Crippen molar-refractivity contribution in [3.63, 3.8) is 0 Å². The largest absolute Gasteiger partial charge is 0.507 e. The average molecular weight is 224 g/mol. The van der Waals surface area contributed by atoms with E-state index < -0.39 is 0 Å². The Kier molecular flexibility index (Phi) is 3.42. The lowest BCUT2D eigenvalue weighted by atomic mass is 9.97. The normalized spacial score (nSPS) is 10.8. The minimum atomic E-state index is -0.255. The number of benzene rings is 1. The summed E-state index contributed by atoms with van der Waals surface area (Å²) in [5.74, 6) is -0.888. The van der Waals surface area contributed by atoms with Gasteiger partial charge in [0.25, 0.3) is 0 Å². The second-order valence-electron chi connectivity index (χ2n) is 4.16. The van der Waals surface area contributed by atoms with Crippen LogP contribution in [0.5, 0.6) is 17.2 Å². The van der Waals surface area contributed by atoms with E-state index in [0.717, 1.165) is 6.07 Å². The van der Waals surface area contributed by atoms with Gasteiger partial charge >= 0.3 is 0 Å². The summed E-state index contributed by atoms with van der Waals surface area (Å²) in [5.41, 5.74) is 0.443. The minimum Gasteiger partial charge on any atom is -0.507 e. The Morgan fingerprint density at radius 2 is 1.81 bits per heavy atom. The van der Waals surface area contributed by atoms with Gasteiger partial charge in [-0.15, -0.1) is 0 Å². The van der Waals surface area contributed by atoms with Crippen LogP contribution in [0.1, 0.15) is 25.0 Å². The third-order valence-corrected chi connectivity index (χ3v) is 2.60. The van der Waals surface area contributed by atoms with Crippen LogP contribution in [-0.4, -0.2) is 21.1 Å². The molecule has 0 aromatic heterocycles. The van der Waals surface area contributed by atoms with Crippen molar-refractivity contribution < 1.29 is 20.1 Å². The van der Waals surface area contributed by atoms with Crippen molar-refractivity contribution in [2.45, 2.75) is 27.2 Å². The fraction of sp³-hybridized carbons (Fsp3) is 0.417. The molecular formula is C12H16O4. The van der Waals surface area contributed by atoms with Gasteiger partial charge in [0.2, 0.25) is 0 Å². The lowest BCUT2D eigenvalue weighted by molar-refractivity contribution is -0.121. The molecule has 0 fully saturated rings. The van der Waals surface area contributed by atoms with Crippen molar-refractivity contribution >= 4 is 5.78 Å². The topological polar surface area (TPSA) is 77.8 Å². The van der Waals surface area contributed by atoms with Crippen molar-refractivity contribution in [2.24, 2.45) is 5.92 Å². The maximum atomic E-state index is 11.5. The molecule has 4 heteroatoms. The summed E-state index contributed by atoms with van der Waals surface area (Å²) in [7, 11) is 0. The summed E-state index contributed by atoms with van der Waals surface area (Å²) < 4.78 is 0. The zero-order chi connectivity index (χ0) is 12.5. The van der Waals surface area contributed by atoms with Crippen LogP contribution in [0.2, 0.25) is 0 Å². The van der Waals surface area contributed by atoms with Gasteiger partial charge in [0.15, 0.2) is 0 Å². The molecule has 0 aliphatic heterocycles. The van der Waals surface area contributed by atoms with E-state index in [1.54, 1.807) is 13.8 Å². The lowest BCUT2D eigenvalue weighted by Crippen LogP contribution is -2.10. The van der Waals surface area contributed by atoms with Gasteiger partial charge in [-0.2, -0.15) is 0 Å². The molecule has 0 radical (unpaired) electrons. The predicted molar refractivity (Wildman–Crippen MR) is 59.7 cm³/mol. The molecule has 4 nitrogen and oxygen atoms in total. The van der Waals surface area contributed by atoms with Gasteiger partial charge in [0, 0.05) is 29.5 Å². The van der Waals surface area contributed by atoms with Crippen LogP contribution in [-0.2, 0) is 11.2 Å². The molecule has 0 aliphatic rings. The monoisotopic (exact) mass is 224 g/mol. The van der Waals surface area contributed by atoms with Gasteiger partial charge in [0.1, 0.15) is 23.0 Å². The summed E-state index contributed by atoms with van der Waals surface area (Å²) in [6.07, 6.45) is -0.0313. The smallest absolute Gasteiger partial charge is 0.140 e. The number of carbonyl (C=O) groups is 1. The molecule has 0 amide bonds. The Hall–Kier alpha value is -1.71. The van der Waals surface area contributed by atoms with Gasteiger partial charge < -0.3 is 15.3 Å². The Morgan fingerprint density at radius 3 is 2.31 bits per heavy atom. The molecule has 16 heavy (non-hydrogen) atoms. The zero-order valence-electron chi connectivity index (χ0n) is 9.61. The van der Waals surface area contributed by atoms with E-state index in [1.807, 2.05) is 0 Å². The number of hydrogen-bond donors (Lipinski definition) is 3. The Morgan fingerprint density at radius 1 is 1.25 bits per heavy atom. The number of ketones is 1. The quantitative estimate of drug-likeness (QED) is 0.732. The van der Waals surface area contributed by atoms with Gasteiger partial charge in [-0.05, 0) is 6.92 Å². The number of rotatable bonds is 3. The summed E-state index contributed by atoms with van der Waals surface area (Å²) >= 11 is 0. The maximum Gasteiger partial charge on any atom is 0.140 e. The van der Waals surface area contributed by atoms with Crippen molar-refractivity contribution in [1.82, 2.24) is 0 Å². The summed E-state index contributed by atoms with van der Waals surface area (Å²) in [5, 5.41) is 28.6. The van der Waals surface area contributed by atoms with E-state index in [0.29, 0.717) is 0 Å². The fourth-order valence-electron chi connectivity index (χ4n) is 1.35. The van der Waals surface area contributed by atoms with Crippen LogP contribution in [0.15, 0.2) is 6.07 Å². The first kappa shape index (κ1) is 12.4. The minimum absolute atomic E-state index is 0.0313. The number of aromatic hydroxyl groups is 3. The van der Waals surface area contributed by atoms with Crippen molar-refractivity contribution in [2.75, 3.05) is 0 Å². The Labute approximate surface area is 94.2 Å². The first-order valence-corrected chi connectivity index (χ1v) is 5.10. The first-order chi connectivity index (χ1) is 7.34. The molecule has 0 heterocycles. The highest BCUT2D eigenvalue weighted by atomic mass is 16.3. The molecule has 0 saturated heterocycles. The molecule has 0 spiro atoms. The van der Waals surface area contributed by atoms with E-state index in [9.17, 15) is 20.1 Å². The third kappa shape index (κ3) is 2.27. The van der Waals surface area contributed by atoms with Crippen LogP contribution in [0.25, 0.3) is 0 Å². The Bertz CT molecular complexity index is 422. The molecule has 0 atom stereocenters. The fourth-order valence-corrected chi connectivity index (χ4v) is 1.35. The zero-order valence-corrected chi connectivity index (χ0v) is 9.61. The van der Waals surface area contributed by atoms with Crippen LogP contribution in [0, 0.1) is 12.8 Å². The number of carbonyl (C=O) groups excluding carboxylic acids is 1. The molecule has 1 rings (SSSR count). The SMILES string of the molecule is Cc1c(O)cc(O)c(CC(=O)C(C)C)c1O. The van der Waals surface area contributed by atoms with Crippen LogP contribution < -0.4 is 0 Å². The lowest BCUT2D eigenvalue weighted by Gasteiger charge is -2.11. The first-order valence-electron chi connectivity index (χ1n) is 5.10. The van der Waals surface area contributed by atoms with E-state index in [2.05, 4.69) is 0 Å². The molecular weight excluding hydrogens is 208 g/mol. The van der Waals surface area contributed by atoms with Gasteiger partial charge in [-0.3, -0.25) is 4.79 Å². The molecule has 1 aromatic rings. The number of Topliss-reactive ketones (excluding diaryl/α,β-unsaturated/α-hetero) is 1. The summed E-state index contributed by atoms with van der Waals surface area (Å²) in [4.78, 5) is 11.5. The second kappa shape index (κ2) is 4.43. The number of phenolic OH excluding ortho intramolecular Hbond substituents is 3. The predicted octanol–water partition coefficient (Wildman–Crippen LogP) is 1.88. The molecule has 88 valence electrons. The molecule has 1 aromatic carbocycles. The number of phenols is 3. The highest BCUT2D eigenvalue weighted by Gasteiger charge is 2.18. The Balaban J connectivity index is 3.15. The summed E-state index contributed by atoms with van der Waals surface area (Å²) in [6.45, 7) is 5.03. The molecule has 0 bridgehead atoms. The third-order valence-electron chi connectivity index (χ3n) is 2.60. The molecule has 0 aliphatic carbocycles. The molecule has 0 unspecified atom stereocenters. The van der Waals surface area contributed by atoms with Gasteiger partial charge in [-0.25, -0.2) is 0 Å². The van der Waals surface area contributed by atoms with E-state index in [1.165, 1.54) is 6.92 Å². The van der Waals surface area contributed by atoms with E-state index >= 15 is 0 Å². The van der Waals surface area contributed by atoms with Gasteiger partial charge in [-0.1, -0.05) is 13.8 Å². The standard InChI is InChI=1S/C12H16O4/c1-6(2)9(13)4-8-11(15)5-10(14)7(3)12(8)16/h5-6,14-16H,4H2,1-3H3. The molecule has 3 N–H and O–H groups in total. The molecule has 0 saturated carbocycles. The van der Waals surface area contributed by atoms with Gasteiger partial charge in [0.05, 0.1) is 0 Å². The van der Waals surface area contributed by atoms with Crippen LogP contribution >= 0.6 is 0 Å². The number of hydrogen-bond acceptors (Lipinski definition) is 4. The highest BCUT2D eigenvalue weighted by molar-refractivity contribution is 5.84. The van der Waals surface area contributed by atoms with Crippen molar-refractivity contribution in [3.05, 3.63) is 17.2 Å². The van der Waals surface area contributed by atoms with Crippen molar-refractivity contribution in [3.8, 4) is 17.2 Å². The average Bonchev–Trinajstić information content (AvgIpc) is 2.20. The second-order valence-corrected chi connectivity index (χ2v) is 4.16. The van der Waals surface area contributed by atoms with E-state index in [-0.39, 0.29) is 46.5 Å².